The summed E-state index contributed by atoms with van der Waals surface area (Å²) in [7, 11) is 0. The molecule has 1 saturated carbocycles. The van der Waals surface area contributed by atoms with Crippen molar-refractivity contribution >= 4 is 0 Å². The molecule has 1 heteroatoms. The SMILES string of the molecule is CCCNCC1CC1(C)c1cc(C)ccc1C. The molecule has 1 fully saturated rings. The van der Waals surface area contributed by atoms with Crippen LogP contribution in [0.5, 0.6) is 0 Å². The zero-order chi connectivity index (χ0) is 12.5. The second kappa shape index (κ2) is 4.81. The Labute approximate surface area is 106 Å². The maximum absolute atomic E-state index is 3.56. The summed E-state index contributed by atoms with van der Waals surface area (Å²) in [5.74, 6) is 0.828. The summed E-state index contributed by atoms with van der Waals surface area (Å²) >= 11 is 0. The molecule has 17 heavy (non-hydrogen) atoms. The van der Waals surface area contributed by atoms with Crippen molar-refractivity contribution in [1.82, 2.24) is 5.32 Å². The molecule has 0 spiro atoms. The lowest BCUT2D eigenvalue weighted by atomic mass is 9.90. The van der Waals surface area contributed by atoms with Gasteiger partial charge in [-0.1, -0.05) is 37.6 Å². The molecule has 1 nitrogen and oxygen atoms in total. The largest absolute Gasteiger partial charge is 0.316 e. The summed E-state index contributed by atoms with van der Waals surface area (Å²) < 4.78 is 0. The van der Waals surface area contributed by atoms with Gasteiger partial charge in [0.2, 0.25) is 0 Å². The van der Waals surface area contributed by atoms with Crippen LogP contribution in [0.4, 0.5) is 0 Å². The van der Waals surface area contributed by atoms with Crippen LogP contribution in [0.3, 0.4) is 0 Å². The summed E-state index contributed by atoms with van der Waals surface area (Å²) in [4.78, 5) is 0. The Morgan fingerprint density at radius 2 is 2.12 bits per heavy atom. The first-order valence-corrected chi connectivity index (χ1v) is 6.86. The minimum Gasteiger partial charge on any atom is -0.316 e. The number of benzene rings is 1. The molecule has 2 rings (SSSR count). The molecular weight excluding hydrogens is 206 g/mol. The van der Waals surface area contributed by atoms with Crippen LogP contribution in [0.2, 0.25) is 0 Å². The second-order valence-electron chi connectivity index (χ2n) is 5.84. The normalized spacial score (nSPS) is 27.2. The van der Waals surface area contributed by atoms with Crippen LogP contribution in [0.25, 0.3) is 0 Å². The lowest BCUT2D eigenvalue weighted by Crippen LogP contribution is -2.21. The van der Waals surface area contributed by atoms with Crippen molar-refractivity contribution in [2.75, 3.05) is 13.1 Å². The number of aryl methyl sites for hydroxylation is 2. The van der Waals surface area contributed by atoms with Crippen molar-refractivity contribution in [2.24, 2.45) is 5.92 Å². The van der Waals surface area contributed by atoms with Crippen molar-refractivity contribution in [3.63, 3.8) is 0 Å². The first-order chi connectivity index (χ1) is 8.08. The Bertz CT molecular complexity index is 397. The summed E-state index contributed by atoms with van der Waals surface area (Å²) in [6.07, 6.45) is 2.57. The van der Waals surface area contributed by atoms with E-state index in [-0.39, 0.29) is 0 Å². The topological polar surface area (TPSA) is 12.0 Å². The van der Waals surface area contributed by atoms with Gasteiger partial charge in [-0.2, -0.15) is 0 Å². The number of nitrogens with one attached hydrogen (secondary N) is 1. The molecule has 0 bridgehead atoms. The maximum Gasteiger partial charge on any atom is -0.00118 e. The van der Waals surface area contributed by atoms with Crippen LogP contribution in [-0.2, 0) is 5.41 Å². The number of hydrogen-bond donors (Lipinski definition) is 1. The molecule has 2 atom stereocenters. The average Bonchev–Trinajstić information content (AvgIpc) is 2.95. The highest BCUT2D eigenvalue weighted by molar-refractivity contribution is 5.41. The fourth-order valence-electron chi connectivity index (χ4n) is 2.88. The summed E-state index contributed by atoms with van der Waals surface area (Å²) in [6.45, 7) is 11.4. The van der Waals surface area contributed by atoms with Crippen LogP contribution in [0.15, 0.2) is 18.2 Å². The van der Waals surface area contributed by atoms with Gasteiger partial charge in [-0.15, -0.1) is 0 Å². The first-order valence-electron chi connectivity index (χ1n) is 6.86. The van der Waals surface area contributed by atoms with Crippen molar-refractivity contribution in [1.29, 1.82) is 0 Å². The van der Waals surface area contributed by atoms with Crippen molar-refractivity contribution in [3.8, 4) is 0 Å². The molecule has 1 N–H and O–H groups in total. The highest BCUT2D eigenvalue weighted by Crippen LogP contribution is 2.54. The molecule has 0 saturated heterocycles. The van der Waals surface area contributed by atoms with Gasteiger partial charge in [0.25, 0.3) is 0 Å². The van der Waals surface area contributed by atoms with Crippen molar-refractivity contribution in [2.45, 2.75) is 46.0 Å². The maximum atomic E-state index is 3.56. The van der Waals surface area contributed by atoms with Gasteiger partial charge in [-0.3, -0.25) is 0 Å². The molecule has 2 unspecified atom stereocenters. The summed E-state index contributed by atoms with van der Waals surface area (Å²) in [5, 5.41) is 3.56. The molecule has 1 aliphatic carbocycles. The standard InChI is InChI=1S/C16H25N/c1-5-8-17-11-14-10-16(14,4)15-9-12(2)6-7-13(15)3/h6-7,9,14,17H,5,8,10-11H2,1-4H3. The van der Waals surface area contributed by atoms with Crippen LogP contribution in [-0.4, -0.2) is 13.1 Å². The predicted octanol–water partition coefficient (Wildman–Crippen LogP) is 3.58. The van der Waals surface area contributed by atoms with Crippen LogP contribution in [0.1, 0.15) is 43.4 Å². The molecule has 0 aliphatic heterocycles. The predicted molar refractivity (Wildman–Crippen MR) is 74.5 cm³/mol. The molecule has 0 aromatic heterocycles. The molecule has 0 radical (unpaired) electrons. The highest BCUT2D eigenvalue weighted by atomic mass is 14.9. The quantitative estimate of drug-likeness (QED) is 0.764. The molecule has 1 aliphatic rings. The zero-order valence-electron chi connectivity index (χ0n) is 11.6. The fraction of sp³-hybridized carbons (Fsp3) is 0.625. The van der Waals surface area contributed by atoms with E-state index >= 15 is 0 Å². The van der Waals surface area contributed by atoms with Gasteiger partial charge >= 0.3 is 0 Å². The lowest BCUT2D eigenvalue weighted by Gasteiger charge is -2.16. The van der Waals surface area contributed by atoms with Crippen LogP contribution < -0.4 is 5.32 Å². The fourth-order valence-corrected chi connectivity index (χ4v) is 2.88. The molecular formula is C16H25N. The Balaban J connectivity index is 2.05. The Kier molecular flexibility index (Phi) is 3.58. The van der Waals surface area contributed by atoms with E-state index in [9.17, 15) is 0 Å². The molecule has 0 heterocycles. The number of rotatable bonds is 5. The zero-order valence-corrected chi connectivity index (χ0v) is 11.6. The van der Waals surface area contributed by atoms with E-state index in [0.717, 1.165) is 12.5 Å². The van der Waals surface area contributed by atoms with E-state index < -0.39 is 0 Å². The Morgan fingerprint density at radius 3 is 2.82 bits per heavy atom. The monoisotopic (exact) mass is 231 g/mol. The van der Waals surface area contributed by atoms with E-state index in [4.69, 9.17) is 0 Å². The molecule has 0 amide bonds. The van der Waals surface area contributed by atoms with Gasteiger partial charge in [0.15, 0.2) is 0 Å². The molecule has 1 aromatic rings. The third-order valence-corrected chi connectivity index (χ3v) is 4.24. The molecule has 94 valence electrons. The third-order valence-electron chi connectivity index (χ3n) is 4.24. The van der Waals surface area contributed by atoms with E-state index in [0.29, 0.717) is 5.41 Å². The van der Waals surface area contributed by atoms with E-state index in [1.165, 1.54) is 30.5 Å². The highest BCUT2D eigenvalue weighted by Gasteiger charge is 2.51. The number of hydrogen-bond acceptors (Lipinski definition) is 1. The van der Waals surface area contributed by atoms with Gasteiger partial charge in [0.05, 0.1) is 0 Å². The van der Waals surface area contributed by atoms with Crippen LogP contribution in [0, 0.1) is 19.8 Å². The Morgan fingerprint density at radius 1 is 1.35 bits per heavy atom. The van der Waals surface area contributed by atoms with Crippen LogP contribution >= 0.6 is 0 Å². The minimum atomic E-state index is 0.427. The van der Waals surface area contributed by atoms with Gasteiger partial charge in [-0.25, -0.2) is 0 Å². The van der Waals surface area contributed by atoms with Gasteiger partial charge < -0.3 is 5.32 Å². The summed E-state index contributed by atoms with van der Waals surface area (Å²) in [5.41, 5.74) is 4.84. The van der Waals surface area contributed by atoms with E-state index in [1.807, 2.05) is 0 Å². The van der Waals surface area contributed by atoms with Gasteiger partial charge in [0, 0.05) is 0 Å². The van der Waals surface area contributed by atoms with E-state index in [1.54, 1.807) is 5.56 Å². The third kappa shape index (κ3) is 2.55. The minimum absolute atomic E-state index is 0.427. The lowest BCUT2D eigenvalue weighted by molar-refractivity contribution is 0.574. The first kappa shape index (κ1) is 12.6. The average molecular weight is 231 g/mol. The van der Waals surface area contributed by atoms with E-state index in [2.05, 4.69) is 51.2 Å². The Hall–Kier alpha value is -0.820. The van der Waals surface area contributed by atoms with Gasteiger partial charge in [-0.05, 0) is 62.2 Å². The van der Waals surface area contributed by atoms with Crippen molar-refractivity contribution < 1.29 is 0 Å². The van der Waals surface area contributed by atoms with Gasteiger partial charge in [0.1, 0.15) is 0 Å². The second-order valence-corrected chi connectivity index (χ2v) is 5.84. The smallest absolute Gasteiger partial charge is 0.00118 e. The molecule has 1 aromatic carbocycles. The van der Waals surface area contributed by atoms with Crippen molar-refractivity contribution in [3.05, 3.63) is 34.9 Å². The summed E-state index contributed by atoms with van der Waals surface area (Å²) in [6, 6.07) is 6.87.